The van der Waals surface area contributed by atoms with Crippen LogP contribution in [0.25, 0.3) is 0 Å². The zero-order valence-corrected chi connectivity index (χ0v) is 10.6. The molecule has 0 aliphatic carbocycles. The molecule has 18 heavy (non-hydrogen) atoms. The van der Waals surface area contributed by atoms with E-state index in [1.165, 1.54) is 16.7 Å². The van der Waals surface area contributed by atoms with Gasteiger partial charge in [-0.05, 0) is 29.7 Å². The Hall–Kier alpha value is -1.81. The Morgan fingerprint density at radius 2 is 2.39 bits per heavy atom. The molecule has 94 valence electrons. The first-order chi connectivity index (χ1) is 8.83. The summed E-state index contributed by atoms with van der Waals surface area (Å²) in [6, 6.07) is 6.58. The Morgan fingerprint density at radius 1 is 1.44 bits per heavy atom. The molecule has 1 aliphatic heterocycles. The maximum Gasteiger partial charge on any atom is 0.0729 e. The summed E-state index contributed by atoms with van der Waals surface area (Å²) in [5.74, 6) is 0. The van der Waals surface area contributed by atoms with Crippen LogP contribution in [0.1, 0.15) is 16.7 Å². The summed E-state index contributed by atoms with van der Waals surface area (Å²) in [5, 5.41) is 11.0. The van der Waals surface area contributed by atoms with Crippen LogP contribution in [0.15, 0.2) is 30.6 Å². The molecule has 1 aromatic carbocycles. The average Bonchev–Trinajstić information content (AvgIpc) is 2.82. The Morgan fingerprint density at radius 3 is 3.22 bits per heavy atom. The molecule has 0 unspecified atom stereocenters. The van der Waals surface area contributed by atoms with Crippen molar-refractivity contribution in [1.29, 1.82) is 0 Å². The molecule has 0 atom stereocenters. The van der Waals surface area contributed by atoms with E-state index in [1.807, 2.05) is 24.1 Å². The minimum absolute atomic E-state index is 0.870. The van der Waals surface area contributed by atoms with Gasteiger partial charge in [0.2, 0.25) is 0 Å². The van der Waals surface area contributed by atoms with Gasteiger partial charge in [-0.15, -0.1) is 0 Å². The standard InChI is InChI=1S/C14H18N4/c1-18-10-13(9-17-18)16-8-12-4-2-3-11-7-15-6-5-14(11)12/h2-4,9-10,15-16H,5-8H2,1H3. The highest BCUT2D eigenvalue weighted by Crippen LogP contribution is 2.19. The summed E-state index contributed by atoms with van der Waals surface area (Å²) in [7, 11) is 1.93. The lowest BCUT2D eigenvalue weighted by Crippen LogP contribution is -2.25. The molecule has 1 aromatic heterocycles. The lowest BCUT2D eigenvalue weighted by atomic mass is 9.95. The summed E-state index contributed by atoms with van der Waals surface area (Å²) < 4.78 is 1.81. The van der Waals surface area contributed by atoms with Gasteiger partial charge in [-0.2, -0.15) is 5.10 Å². The fraction of sp³-hybridized carbons (Fsp3) is 0.357. The first-order valence-corrected chi connectivity index (χ1v) is 6.36. The molecule has 4 nitrogen and oxygen atoms in total. The van der Waals surface area contributed by atoms with E-state index in [0.717, 1.165) is 31.7 Å². The highest BCUT2D eigenvalue weighted by atomic mass is 15.3. The summed E-state index contributed by atoms with van der Waals surface area (Å²) in [5.41, 5.74) is 5.42. The van der Waals surface area contributed by atoms with Gasteiger partial charge in [0.1, 0.15) is 0 Å². The molecule has 0 bridgehead atoms. The molecule has 2 heterocycles. The molecule has 0 saturated carbocycles. The number of nitrogens with one attached hydrogen (secondary N) is 2. The molecule has 2 N–H and O–H groups in total. The van der Waals surface area contributed by atoms with Crippen LogP contribution in [0.5, 0.6) is 0 Å². The van der Waals surface area contributed by atoms with Crippen LogP contribution in [0.4, 0.5) is 5.69 Å². The molecule has 0 amide bonds. The van der Waals surface area contributed by atoms with Gasteiger partial charge in [-0.1, -0.05) is 18.2 Å². The maximum absolute atomic E-state index is 4.16. The number of benzene rings is 1. The van der Waals surface area contributed by atoms with Crippen LogP contribution in [0.2, 0.25) is 0 Å². The van der Waals surface area contributed by atoms with Crippen molar-refractivity contribution in [1.82, 2.24) is 15.1 Å². The number of aryl methyl sites for hydroxylation is 1. The van der Waals surface area contributed by atoms with Crippen molar-refractivity contribution in [3.8, 4) is 0 Å². The predicted octanol–water partition coefficient (Wildman–Crippen LogP) is 1.68. The van der Waals surface area contributed by atoms with E-state index < -0.39 is 0 Å². The fourth-order valence-electron chi connectivity index (χ4n) is 2.49. The summed E-state index contributed by atoms with van der Waals surface area (Å²) >= 11 is 0. The van der Waals surface area contributed by atoms with Crippen LogP contribution in [-0.2, 0) is 26.6 Å². The van der Waals surface area contributed by atoms with E-state index >= 15 is 0 Å². The average molecular weight is 242 g/mol. The van der Waals surface area contributed by atoms with Crippen LogP contribution in [0, 0.1) is 0 Å². The van der Waals surface area contributed by atoms with Crippen molar-refractivity contribution >= 4 is 5.69 Å². The van der Waals surface area contributed by atoms with Crippen LogP contribution in [0.3, 0.4) is 0 Å². The van der Waals surface area contributed by atoms with Gasteiger partial charge < -0.3 is 10.6 Å². The van der Waals surface area contributed by atoms with Gasteiger partial charge >= 0.3 is 0 Å². The van der Waals surface area contributed by atoms with Gasteiger partial charge in [0.25, 0.3) is 0 Å². The summed E-state index contributed by atoms with van der Waals surface area (Å²) in [6.07, 6.45) is 4.98. The number of aromatic nitrogens is 2. The molecular formula is C14H18N4. The monoisotopic (exact) mass is 242 g/mol. The minimum Gasteiger partial charge on any atom is -0.378 e. The number of fused-ring (bicyclic) bond motifs is 1. The largest absolute Gasteiger partial charge is 0.378 e. The number of rotatable bonds is 3. The van der Waals surface area contributed by atoms with E-state index in [-0.39, 0.29) is 0 Å². The maximum atomic E-state index is 4.16. The van der Waals surface area contributed by atoms with E-state index in [0.29, 0.717) is 0 Å². The second-order valence-electron chi connectivity index (χ2n) is 4.74. The number of hydrogen-bond acceptors (Lipinski definition) is 3. The Kier molecular flexibility index (Phi) is 3.02. The van der Waals surface area contributed by atoms with Crippen molar-refractivity contribution in [2.75, 3.05) is 11.9 Å². The molecule has 4 heteroatoms. The Labute approximate surface area is 107 Å². The van der Waals surface area contributed by atoms with Crippen LogP contribution < -0.4 is 10.6 Å². The lowest BCUT2D eigenvalue weighted by molar-refractivity contribution is 0.639. The van der Waals surface area contributed by atoms with Crippen molar-refractivity contribution < 1.29 is 0 Å². The molecule has 2 aromatic rings. The minimum atomic E-state index is 0.870. The number of nitrogens with zero attached hydrogens (tertiary/aromatic N) is 2. The van der Waals surface area contributed by atoms with Crippen molar-refractivity contribution in [2.45, 2.75) is 19.5 Å². The smallest absolute Gasteiger partial charge is 0.0729 e. The quantitative estimate of drug-likeness (QED) is 0.860. The van der Waals surface area contributed by atoms with Crippen molar-refractivity contribution in [2.24, 2.45) is 7.05 Å². The zero-order chi connectivity index (χ0) is 12.4. The summed E-state index contributed by atoms with van der Waals surface area (Å²) in [4.78, 5) is 0. The van der Waals surface area contributed by atoms with Gasteiger partial charge in [-0.25, -0.2) is 0 Å². The van der Waals surface area contributed by atoms with Crippen molar-refractivity contribution in [3.05, 3.63) is 47.3 Å². The molecule has 0 radical (unpaired) electrons. The third kappa shape index (κ3) is 2.24. The second kappa shape index (κ2) is 4.82. The van der Waals surface area contributed by atoms with E-state index in [1.54, 1.807) is 0 Å². The third-order valence-electron chi connectivity index (χ3n) is 3.43. The lowest BCUT2D eigenvalue weighted by Gasteiger charge is -2.20. The van der Waals surface area contributed by atoms with E-state index in [9.17, 15) is 0 Å². The molecule has 0 fully saturated rings. The second-order valence-corrected chi connectivity index (χ2v) is 4.74. The molecule has 3 rings (SSSR count). The molecule has 0 spiro atoms. The third-order valence-corrected chi connectivity index (χ3v) is 3.43. The first-order valence-electron chi connectivity index (χ1n) is 6.36. The van der Waals surface area contributed by atoms with Crippen molar-refractivity contribution in [3.63, 3.8) is 0 Å². The number of anilines is 1. The molecule has 1 aliphatic rings. The van der Waals surface area contributed by atoms with Crippen LogP contribution in [-0.4, -0.2) is 16.3 Å². The Balaban J connectivity index is 1.76. The fourth-order valence-corrected chi connectivity index (χ4v) is 2.49. The highest BCUT2D eigenvalue weighted by Gasteiger charge is 2.11. The van der Waals surface area contributed by atoms with E-state index in [2.05, 4.69) is 33.9 Å². The molecular weight excluding hydrogens is 224 g/mol. The predicted molar refractivity (Wildman–Crippen MR) is 72.4 cm³/mol. The molecule has 0 saturated heterocycles. The number of hydrogen-bond donors (Lipinski definition) is 2. The van der Waals surface area contributed by atoms with Gasteiger partial charge in [0, 0.05) is 26.3 Å². The summed E-state index contributed by atoms with van der Waals surface area (Å²) in [6.45, 7) is 2.95. The SMILES string of the molecule is Cn1cc(NCc2cccc3c2CCNC3)cn1. The van der Waals surface area contributed by atoms with Crippen LogP contribution >= 0.6 is 0 Å². The first kappa shape index (κ1) is 11.3. The van der Waals surface area contributed by atoms with Gasteiger partial charge in [-0.3, -0.25) is 4.68 Å². The van der Waals surface area contributed by atoms with E-state index in [4.69, 9.17) is 0 Å². The highest BCUT2D eigenvalue weighted by molar-refractivity contribution is 5.43. The van der Waals surface area contributed by atoms with Gasteiger partial charge in [0.05, 0.1) is 11.9 Å². The normalized spacial score (nSPS) is 14.3. The van der Waals surface area contributed by atoms with Gasteiger partial charge in [0.15, 0.2) is 0 Å². The Bertz CT molecular complexity index is 544. The topological polar surface area (TPSA) is 41.9 Å². The zero-order valence-electron chi connectivity index (χ0n) is 10.6.